The molecule has 0 aromatic heterocycles. The summed E-state index contributed by atoms with van der Waals surface area (Å²) in [4.78, 5) is 39.3. The van der Waals surface area contributed by atoms with Gasteiger partial charge in [-0.1, -0.05) is 47.5 Å². The van der Waals surface area contributed by atoms with Crippen molar-refractivity contribution < 1.29 is 14.4 Å². The fourth-order valence-electron chi connectivity index (χ4n) is 5.32. The summed E-state index contributed by atoms with van der Waals surface area (Å²) in [5.41, 5.74) is -0.591. The number of amides is 4. The second-order valence-corrected chi connectivity index (χ2v) is 10.5. The van der Waals surface area contributed by atoms with Gasteiger partial charge in [-0.15, -0.1) is 0 Å². The van der Waals surface area contributed by atoms with Crippen LogP contribution in [-0.2, 0) is 9.59 Å². The first kappa shape index (κ1) is 21.1. The normalized spacial score (nSPS) is 36.5. The average Bonchev–Trinajstić information content (AvgIpc) is 2.83. The molecular formula is C22H37N3O3. The van der Waals surface area contributed by atoms with Gasteiger partial charge < -0.3 is 10.6 Å². The molecule has 2 aliphatic carbocycles. The van der Waals surface area contributed by atoms with E-state index in [-0.39, 0.29) is 29.8 Å². The maximum atomic E-state index is 13.1. The van der Waals surface area contributed by atoms with E-state index in [1.54, 1.807) is 0 Å². The van der Waals surface area contributed by atoms with E-state index in [9.17, 15) is 14.4 Å². The van der Waals surface area contributed by atoms with E-state index in [1.807, 2.05) is 0 Å². The highest BCUT2D eigenvalue weighted by atomic mass is 16.2. The number of urea groups is 1. The zero-order valence-electron chi connectivity index (χ0n) is 18.1. The lowest BCUT2D eigenvalue weighted by Crippen LogP contribution is -2.51. The summed E-state index contributed by atoms with van der Waals surface area (Å²) in [5.74, 6) is 1.10. The molecule has 3 atom stereocenters. The fraction of sp³-hybridized carbons (Fsp3) is 0.864. The van der Waals surface area contributed by atoms with Crippen LogP contribution in [0, 0.1) is 23.2 Å². The molecular weight excluding hydrogens is 354 g/mol. The third kappa shape index (κ3) is 4.06. The standard InChI is InChI=1S/C22H37N3O3/c1-14-7-6-8-17(15(14)2)23-18(26)13-25-19(27)22(24-20(25)28)11-9-16(10-12-22)21(3,4)5/h14-17H,6-13H2,1-5H3,(H,23,26)(H,24,28). The number of hydrogen-bond donors (Lipinski definition) is 2. The molecule has 2 N–H and O–H groups in total. The van der Waals surface area contributed by atoms with Crippen LogP contribution in [0.3, 0.4) is 0 Å². The first-order chi connectivity index (χ1) is 13.0. The van der Waals surface area contributed by atoms with Gasteiger partial charge in [0.25, 0.3) is 5.91 Å². The van der Waals surface area contributed by atoms with Crippen LogP contribution in [0.15, 0.2) is 0 Å². The van der Waals surface area contributed by atoms with Gasteiger partial charge >= 0.3 is 6.03 Å². The highest BCUT2D eigenvalue weighted by Crippen LogP contribution is 2.43. The molecule has 1 aliphatic heterocycles. The molecule has 2 saturated carbocycles. The molecule has 4 amide bonds. The Balaban J connectivity index is 1.59. The van der Waals surface area contributed by atoms with Crippen molar-refractivity contribution in [3.8, 4) is 0 Å². The smallest absolute Gasteiger partial charge is 0.325 e. The van der Waals surface area contributed by atoms with Crippen molar-refractivity contribution in [2.45, 2.75) is 91.1 Å². The number of imide groups is 1. The summed E-state index contributed by atoms with van der Waals surface area (Å²) < 4.78 is 0. The first-order valence-electron chi connectivity index (χ1n) is 11.0. The molecule has 3 unspecified atom stereocenters. The van der Waals surface area contributed by atoms with E-state index in [0.717, 1.165) is 30.6 Å². The molecule has 6 heteroatoms. The third-order valence-corrected chi connectivity index (χ3v) is 7.66. The largest absolute Gasteiger partial charge is 0.352 e. The van der Waals surface area contributed by atoms with Crippen molar-refractivity contribution in [1.82, 2.24) is 15.5 Å². The number of carbonyl (C=O) groups is 3. The van der Waals surface area contributed by atoms with Gasteiger partial charge in [0.1, 0.15) is 12.1 Å². The van der Waals surface area contributed by atoms with E-state index in [0.29, 0.717) is 30.6 Å². The van der Waals surface area contributed by atoms with Crippen LogP contribution < -0.4 is 10.6 Å². The van der Waals surface area contributed by atoms with Gasteiger partial charge in [-0.3, -0.25) is 14.5 Å². The number of nitrogens with zero attached hydrogens (tertiary/aromatic N) is 1. The van der Waals surface area contributed by atoms with Crippen molar-refractivity contribution >= 4 is 17.8 Å². The topological polar surface area (TPSA) is 78.5 Å². The first-order valence-corrected chi connectivity index (χ1v) is 11.0. The molecule has 1 saturated heterocycles. The molecule has 158 valence electrons. The van der Waals surface area contributed by atoms with Crippen LogP contribution in [-0.4, -0.2) is 40.9 Å². The van der Waals surface area contributed by atoms with Crippen molar-refractivity contribution in [3.63, 3.8) is 0 Å². The van der Waals surface area contributed by atoms with Crippen LogP contribution in [0.2, 0.25) is 0 Å². The summed E-state index contributed by atoms with van der Waals surface area (Å²) in [6.07, 6.45) is 6.44. The predicted molar refractivity (Wildman–Crippen MR) is 108 cm³/mol. The van der Waals surface area contributed by atoms with E-state index in [1.165, 1.54) is 6.42 Å². The summed E-state index contributed by atoms with van der Waals surface area (Å²) in [7, 11) is 0. The maximum Gasteiger partial charge on any atom is 0.325 e. The van der Waals surface area contributed by atoms with E-state index in [2.05, 4.69) is 45.3 Å². The Morgan fingerprint density at radius 2 is 1.79 bits per heavy atom. The Hall–Kier alpha value is -1.59. The maximum absolute atomic E-state index is 13.1. The second-order valence-electron chi connectivity index (χ2n) is 10.5. The second kappa shape index (κ2) is 7.68. The summed E-state index contributed by atoms with van der Waals surface area (Å²) in [6, 6.07) is -0.285. The van der Waals surface area contributed by atoms with Gasteiger partial charge in [0.05, 0.1) is 0 Å². The van der Waals surface area contributed by atoms with Gasteiger partial charge in [-0.25, -0.2) is 4.79 Å². The quantitative estimate of drug-likeness (QED) is 0.723. The lowest BCUT2D eigenvalue weighted by Gasteiger charge is -2.40. The molecule has 1 heterocycles. The Labute approximate surface area is 169 Å². The number of hydrogen-bond acceptors (Lipinski definition) is 3. The minimum absolute atomic E-state index is 0.133. The van der Waals surface area contributed by atoms with Crippen molar-refractivity contribution in [3.05, 3.63) is 0 Å². The molecule has 3 rings (SSSR count). The molecule has 0 aromatic carbocycles. The Morgan fingerprint density at radius 3 is 2.39 bits per heavy atom. The third-order valence-electron chi connectivity index (χ3n) is 7.66. The van der Waals surface area contributed by atoms with Crippen LogP contribution in [0.4, 0.5) is 4.79 Å². The molecule has 0 bridgehead atoms. The lowest BCUT2D eigenvalue weighted by atomic mass is 9.67. The molecule has 3 fully saturated rings. The summed E-state index contributed by atoms with van der Waals surface area (Å²) in [5, 5.41) is 6.00. The van der Waals surface area contributed by atoms with Crippen LogP contribution in [0.5, 0.6) is 0 Å². The minimum Gasteiger partial charge on any atom is -0.352 e. The van der Waals surface area contributed by atoms with E-state index >= 15 is 0 Å². The number of nitrogens with one attached hydrogen (secondary N) is 2. The predicted octanol–water partition coefficient (Wildman–Crippen LogP) is 3.45. The van der Waals surface area contributed by atoms with E-state index < -0.39 is 11.6 Å². The minimum atomic E-state index is -0.800. The van der Waals surface area contributed by atoms with Crippen molar-refractivity contribution in [2.24, 2.45) is 23.2 Å². The Morgan fingerprint density at radius 1 is 1.14 bits per heavy atom. The number of carbonyl (C=O) groups excluding carboxylic acids is 3. The van der Waals surface area contributed by atoms with Gasteiger partial charge in [0.15, 0.2) is 0 Å². The van der Waals surface area contributed by atoms with Gasteiger partial charge in [-0.05, 0) is 55.3 Å². The zero-order valence-corrected chi connectivity index (χ0v) is 18.1. The monoisotopic (exact) mass is 391 g/mol. The molecule has 6 nitrogen and oxygen atoms in total. The molecule has 3 aliphatic rings. The molecule has 1 spiro atoms. The van der Waals surface area contributed by atoms with Gasteiger partial charge in [-0.2, -0.15) is 0 Å². The summed E-state index contributed by atoms with van der Waals surface area (Å²) in [6.45, 7) is 10.9. The zero-order chi connectivity index (χ0) is 20.7. The van der Waals surface area contributed by atoms with Crippen LogP contribution in [0.25, 0.3) is 0 Å². The Bertz CT molecular complexity index is 631. The highest BCUT2D eigenvalue weighted by Gasteiger charge is 2.53. The fourth-order valence-corrected chi connectivity index (χ4v) is 5.32. The van der Waals surface area contributed by atoms with Crippen molar-refractivity contribution in [1.29, 1.82) is 0 Å². The van der Waals surface area contributed by atoms with Crippen LogP contribution >= 0.6 is 0 Å². The van der Waals surface area contributed by atoms with Crippen LogP contribution in [0.1, 0.15) is 79.6 Å². The van der Waals surface area contributed by atoms with Gasteiger partial charge in [0.2, 0.25) is 5.91 Å². The van der Waals surface area contributed by atoms with Crippen molar-refractivity contribution in [2.75, 3.05) is 6.54 Å². The Kier molecular flexibility index (Phi) is 5.79. The molecule has 28 heavy (non-hydrogen) atoms. The van der Waals surface area contributed by atoms with E-state index in [4.69, 9.17) is 0 Å². The van der Waals surface area contributed by atoms with Gasteiger partial charge in [0, 0.05) is 6.04 Å². The lowest BCUT2D eigenvalue weighted by molar-refractivity contribution is -0.136. The SMILES string of the molecule is CC1CCCC(NC(=O)CN2C(=O)NC3(CCC(C(C)(C)C)CC3)C2=O)C1C. The number of rotatable bonds is 3. The summed E-state index contributed by atoms with van der Waals surface area (Å²) >= 11 is 0. The molecule has 0 radical (unpaired) electrons. The molecule has 0 aromatic rings. The average molecular weight is 392 g/mol. The highest BCUT2D eigenvalue weighted by molar-refractivity contribution is 6.09.